The molecule has 1 aliphatic rings. The van der Waals surface area contributed by atoms with Gasteiger partial charge in [0.15, 0.2) is 0 Å². The van der Waals surface area contributed by atoms with Gasteiger partial charge >= 0.3 is 0 Å². The van der Waals surface area contributed by atoms with Crippen molar-refractivity contribution in [3.63, 3.8) is 0 Å². The molecule has 1 saturated heterocycles. The quantitative estimate of drug-likeness (QED) is 0.761. The Balaban J connectivity index is 1.62. The molecule has 1 fully saturated rings. The van der Waals surface area contributed by atoms with Crippen molar-refractivity contribution in [3.8, 4) is 5.75 Å². The fraction of sp³-hybridized carbons (Fsp3) is 0.421. The van der Waals surface area contributed by atoms with Crippen LogP contribution in [0.4, 0.5) is 5.82 Å². The van der Waals surface area contributed by atoms with Gasteiger partial charge in [-0.1, -0.05) is 29.3 Å². The standard InChI is InChI=1S/C19H22Cl2N4O2/c1-12-7-14(5-6-25(12)2)27-16-9-18(23-11-15(16)20)24-19(26)8-13-3-4-17(21)22-10-13/h3-4,9-12,14H,5-8H2,1-2H3,(H,23,24,26). The zero-order valence-corrected chi connectivity index (χ0v) is 16.8. The summed E-state index contributed by atoms with van der Waals surface area (Å²) >= 11 is 12.0. The van der Waals surface area contributed by atoms with Gasteiger partial charge in [-0.05, 0) is 38.4 Å². The third-order valence-corrected chi connectivity index (χ3v) is 5.20. The fourth-order valence-corrected chi connectivity index (χ4v) is 3.25. The highest BCUT2D eigenvalue weighted by Crippen LogP contribution is 2.29. The minimum atomic E-state index is -0.201. The van der Waals surface area contributed by atoms with Crippen LogP contribution >= 0.6 is 23.2 Å². The van der Waals surface area contributed by atoms with Crippen LogP contribution in [-0.2, 0) is 11.2 Å². The molecule has 3 rings (SSSR count). The zero-order chi connectivity index (χ0) is 19.4. The Labute approximate surface area is 168 Å². The van der Waals surface area contributed by atoms with Crippen LogP contribution in [0.1, 0.15) is 25.3 Å². The summed E-state index contributed by atoms with van der Waals surface area (Å²) in [6.45, 7) is 3.16. The van der Waals surface area contributed by atoms with Crippen LogP contribution in [0.2, 0.25) is 10.2 Å². The molecule has 0 bridgehead atoms. The number of nitrogens with one attached hydrogen (secondary N) is 1. The first kappa shape index (κ1) is 19.9. The van der Waals surface area contributed by atoms with E-state index in [0.717, 1.165) is 24.9 Å². The van der Waals surface area contributed by atoms with Gasteiger partial charge in [0.05, 0.1) is 12.6 Å². The van der Waals surface area contributed by atoms with Crippen LogP contribution in [0.3, 0.4) is 0 Å². The molecule has 27 heavy (non-hydrogen) atoms. The van der Waals surface area contributed by atoms with Crippen molar-refractivity contribution in [3.05, 3.63) is 46.3 Å². The Bertz CT molecular complexity index is 801. The molecule has 0 spiro atoms. The fourth-order valence-electron chi connectivity index (χ4n) is 3.00. The summed E-state index contributed by atoms with van der Waals surface area (Å²) in [6.07, 6.45) is 5.21. The number of aromatic nitrogens is 2. The van der Waals surface area contributed by atoms with Gasteiger partial charge < -0.3 is 15.0 Å². The topological polar surface area (TPSA) is 67.3 Å². The van der Waals surface area contributed by atoms with Crippen molar-refractivity contribution in [1.29, 1.82) is 0 Å². The van der Waals surface area contributed by atoms with Crippen LogP contribution < -0.4 is 10.1 Å². The molecule has 0 radical (unpaired) electrons. The van der Waals surface area contributed by atoms with E-state index < -0.39 is 0 Å². The lowest BCUT2D eigenvalue weighted by Crippen LogP contribution is -2.41. The van der Waals surface area contributed by atoms with Crippen LogP contribution in [0.15, 0.2) is 30.6 Å². The predicted molar refractivity (Wildman–Crippen MR) is 107 cm³/mol. The van der Waals surface area contributed by atoms with Gasteiger partial charge in [-0.25, -0.2) is 9.97 Å². The van der Waals surface area contributed by atoms with E-state index in [1.54, 1.807) is 24.4 Å². The number of rotatable bonds is 5. The number of carbonyl (C=O) groups excluding carboxylic acids is 1. The van der Waals surface area contributed by atoms with Gasteiger partial charge in [0.2, 0.25) is 5.91 Å². The Morgan fingerprint density at radius 3 is 2.85 bits per heavy atom. The number of carbonyl (C=O) groups is 1. The highest BCUT2D eigenvalue weighted by Gasteiger charge is 2.24. The second-order valence-corrected chi connectivity index (χ2v) is 7.60. The average molecular weight is 409 g/mol. The smallest absolute Gasteiger partial charge is 0.230 e. The maximum absolute atomic E-state index is 12.2. The second kappa shape index (κ2) is 8.87. The van der Waals surface area contributed by atoms with Gasteiger partial charge in [-0.15, -0.1) is 0 Å². The lowest BCUT2D eigenvalue weighted by Gasteiger charge is -2.35. The van der Waals surface area contributed by atoms with E-state index in [0.29, 0.717) is 27.8 Å². The molecular weight excluding hydrogens is 387 g/mol. The van der Waals surface area contributed by atoms with E-state index in [1.165, 1.54) is 6.20 Å². The van der Waals surface area contributed by atoms with Crippen LogP contribution in [-0.4, -0.2) is 46.5 Å². The molecule has 1 N–H and O–H groups in total. The summed E-state index contributed by atoms with van der Waals surface area (Å²) < 4.78 is 6.08. The van der Waals surface area contributed by atoms with Crippen molar-refractivity contribution in [2.45, 2.75) is 38.3 Å². The van der Waals surface area contributed by atoms with Crippen LogP contribution in [0, 0.1) is 0 Å². The highest BCUT2D eigenvalue weighted by molar-refractivity contribution is 6.32. The van der Waals surface area contributed by atoms with Crippen LogP contribution in [0.25, 0.3) is 0 Å². The van der Waals surface area contributed by atoms with Gasteiger partial charge in [0, 0.05) is 24.8 Å². The second-order valence-electron chi connectivity index (χ2n) is 6.81. The van der Waals surface area contributed by atoms with Crippen molar-refractivity contribution < 1.29 is 9.53 Å². The molecular formula is C19H22Cl2N4O2. The molecule has 1 aliphatic heterocycles. The Kier molecular flexibility index (Phi) is 6.52. The van der Waals surface area contributed by atoms with Crippen molar-refractivity contribution >= 4 is 34.9 Å². The molecule has 0 aromatic carbocycles. The maximum Gasteiger partial charge on any atom is 0.230 e. The molecule has 6 nitrogen and oxygen atoms in total. The molecule has 144 valence electrons. The number of ether oxygens (including phenoxy) is 1. The lowest BCUT2D eigenvalue weighted by atomic mass is 10.0. The normalized spacial score (nSPS) is 20.3. The number of hydrogen-bond donors (Lipinski definition) is 1. The number of pyridine rings is 2. The molecule has 2 aromatic heterocycles. The largest absolute Gasteiger partial charge is 0.489 e. The first-order chi connectivity index (χ1) is 12.9. The molecule has 1 amide bonds. The van der Waals surface area contributed by atoms with E-state index in [2.05, 4.69) is 34.2 Å². The van der Waals surface area contributed by atoms with E-state index in [1.807, 2.05) is 0 Å². The minimum absolute atomic E-state index is 0.0970. The summed E-state index contributed by atoms with van der Waals surface area (Å²) in [4.78, 5) is 22.7. The maximum atomic E-state index is 12.2. The average Bonchev–Trinajstić information content (AvgIpc) is 2.63. The van der Waals surface area contributed by atoms with Gasteiger partial charge in [-0.2, -0.15) is 0 Å². The van der Waals surface area contributed by atoms with E-state index in [9.17, 15) is 4.79 Å². The molecule has 3 heterocycles. The predicted octanol–water partition coefficient (Wildman–Crippen LogP) is 3.83. The first-order valence-electron chi connectivity index (χ1n) is 8.83. The van der Waals surface area contributed by atoms with E-state index in [4.69, 9.17) is 27.9 Å². The SMILES string of the molecule is CC1CC(Oc2cc(NC(=O)Cc3ccc(Cl)nc3)ncc2Cl)CCN1C. The number of piperidine rings is 1. The molecule has 2 atom stereocenters. The zero-order valence-electron chi connectivity index (χ0n) is 15.3. The Morgan fingerprint density at radius 1 is 1.33 bits per heavy atom. The van der Waals surface area contributed by atoms with Crippen molar-refractivity contribution in [1.82, 2.24) is 14.9 Å². The number of amides is 1. The van der Waals surface area contributed by atoms with Gasteiger partial charge in [0.1, 0.15) is 27.8 Å². The number of nitrogens with zero attached hydrogens (tertiary/aromatic N) is 3. The number of hydrogen-bond acceptors (Lipinski definition) is 5. The number of halogens is 2. The summed E-state index contributed by atoms with van der Waals surface area (Å²) in [5, 5.41) is 3.59. The van der Waals surface area contributed by atoms with E-state index >= 15 is 0 Å². The molecule has 2 unspecified atom stereocenters. The van der Waals surface area contributed by atoms with Gasteiger partial charge in [-0.3, -0.25) is 4.79 Å². The van der Waals surface area contributed by atoms with Crippen LogP contribution in [0.5, 0.6) is 5.75 Å². The molecule has 0 aliphatic carbocycles. The third-order valence-electron chi connectivity index (χ3n) is 4.69. The monoisotopic (exact) mass is 408 g/mol. The first-order valence-corrected chi connectivity index (χ1v) is 9.59. The van der Waals surface area contributed by atoms with Crippen molar-refractivity contribution in [2.24, 2.45) is 0 Å². The molecule has 0 saturated carbocycles. The summed E-state index contributed by atoms with van der Waals surface area (Å²) in [6, 6.07) is 5.54. The van der Waals surface area contributed by atoms with Gasteiger partial charge in [0.25, 0.3) is 0 Å². The minimum Gasteiger partial charge on any atom is -0.489 e. The lowest BCUT2D eigenvalue weighted by molar-refractivity contribution is -0.115. The Hall–Kier alpha value is -1.89. The Morgan fingerprint density at radius 2 is 2.15 bits per heavy atom. The van der Waals surface area contributed by atoms with E-state index in [-0.39, 0.29) is 18.4 Å². The summed E-state index contributed by atoms with van der Waals surface area (Å²) in [5.41, 5.74) is 0.766. The third kappa shape index (κ3) is 5.54. The number of likely N-dealkylation sites (tertiary alicyclic amines) is 1. The summed E-state index contributed by atoms with van der Waals surface area (Å²) in [7, 11) is 2.12. The number of anilines is 1. The highest BCUT2D eigenvalue weighted by atomic mass is 35.5. The molecule has 8 heteroatoms. The molecule has 2 aromatic rings. The van der Waals surface area contributed by atoms with Crippen molar-refractivity contribution in [2.75, 3.05) is 18.9 Å². The summed E-state index contributed by atoms with van der Waals surface area (Å²) in [5.74, 6) is 0.743.